The standard InChI is InChI=1S/C21H18N4O3/c1-22-21(27)17-10-14(20(26)25-15-7-8-23-24-11-15)9-16-18(12-28-19(16)17)13-5-3-2-4-6-13/h2-11,18H,12H2,1H3,(H,22,27)(H,23,25,26). The number of benzene rings is 2. The highest BCUT2D eigenvalue weighted by Crippen LogP contribution is 2.41. The fourth-order valence-electron chi connectivity index (χ4n) is 3.29. The lowest BCUT2D eigenvalue weighted by atomic mass is 9.90. The molecule has 4 rings (SSSR count). The molecule has 2 amide bonds. The summed E-state index contributed by atoms with van der Waals surface area (Å²) < 4.78 is 5.86. The Hall–Kier alpha value is -3.74. The molecule has 0 saturated heterocycles. The fourth-order valence-corrected chi connectivity index (χ4v) is 3.29. The lowest BCUT2D eigenvalue weighted by Crippen LogP contribution is -2.20. The number of fused-ring (bicyclic) bond motifs is 1. The van der Waals surface area contributed by atoms with Gasteiger partial charge in [0.2, 0.25) is 0 Å². The van der Waals surface area contributed by atoms with Crippen molar-refractivity contribution in [2.75, 3.05) is 19.0 Å². The summed E-state index contributed by atoms with van der Waals surface area (Å²) in [6.45, 7) is 0.419. The van der Waals surface area contributed by atoms with E-state index in [1.54, 1.807) is 25.2 Å². The minimum Gasteiger partial charge on any atom is -0.491 e. The first-order valence-electron chi connectivity index (χ1n) is 8.83. The van der Waals surface area contributed by atoms with Gasteiger partial charge in [0.15, 0.2) is 0 Å². The summed E-state index contributed by atoms with van der Waals surface area (Å²) in [6, 6.07) is 14.9. The molecule has 3 aromatic rings. The quantitative estimate of drug-likeness (QED) is 0.732. The van der Waals surface area contributed by atoms with Gasteiger partial charge in [0.25, 0.3) is 11.8 Å². The van der Waals surface area contributed by atoms with Crippen molar-refractivity contribution in [1.29, 1.82) is 0 Å². The zero-order valence-electron chi connectivity index (χ0n) is 15.2. The monoisotopic (exact) mass is 374 g/mol. The number of nitrogens with one attached hydrogen (secondary N) is 2. The van der Waals surface area contributed by atoms with E-state index in [0.717, 1.165) is 11.1 Å². The number of hydrogen-bond donors (Lipinski definition) is 2. The normalized spacial score (nSPS) is 14.7. The number of amides is 2. The van der Waals surface area contributed by atoms with Crippen LogP contribution in [0.2, 0.25) is 0 Å². The number of carbonyl (C=O) groups is 2. The van der Waals surface area contributed by atoms with E-state index >= 15 is 0 Å². The van der Waals surface area contributed by atoms with E-state index in [-0.39, 0.29) is 17.7 Å². The number of carbonyl (C=O) groups excluding carboxylic acids is 2. The SMILES string of the molecule is CNC(=O)c1cc(C(=O)Nc2ccnnc2)cc2c1OCC2c1ccccc1. The van der Waals surface area contributed by atoms with Crippen molar-refractivity contribution in [3.63, 3.8) is 0 Å². The first kappa shape index (κ1) is 17.7. The van der Waals surface area contributed by atoms with E-state index < -0.39 is 0 Å². The maximum atomic E-state index is 12.8. The molecule has 1 aliphatic heterocycles. The average Bonchev–Trinajstić information content (AvgIpc) is 3.18. The van der Waals surface area contributed by atoms with Gasteiger partial charge in [-0.25, -0.2) is 0 Å². The van der Waals surface area contributed by atoms with Crippen LogP contribution in [-0.2, 0) is 0 Å². The second-order valence-electron chi connectivity index (χ2n) is 6.38. The van der Waals surface area contributed by atoms with Gasteiger partial charge >= 0.3 is 0 Å². The third kappa shape index (κ3) is 3.29. The predicted molar refractivity (Wildman–Crippen MR) is 104 cm³/mol. The fraction of sp³-hybridized carbons (Fsp3) is 0.143. The Balaban J connectivity index is 1.76. The Bertz CT molecular complexity index is 1020. The molecule has 28 heavy (non-hydrogen) atoms. The van der Waals surface area contributed by atoms with Crippen LogP contribution in [0, 0.1) is 0 Å². The molecule has 0 spiro atoms. The highest BCUT2D eigenvalue weighted by Gasteiger charge is 2.31. The number of rotatable bonds is 4. The van der Waals surface area contributed by atoms with Crippen molar-refractivity contribution < 1.29 is 14.3 Å². The Morgan fingerprint density at radius 1 is 1.07 bits per heavy atom. The Morgan fingerprint density at radius 3 is 2.61 bits per heavy atom. The van der Waals surface area contributed by atoms with Crippen LogP contribution in [0.3, 0.4) is 0 Å². The third-order valence-electron chi connectivity index (χ3n) is 4.67. The van der Waals surface area contributed by atoms with Crippen LogP contribution in [0.15, 0.2) is 60.9 Å². The van der Waals surface area contributed by atoms with Crippen LogP contribution in [-0.4, -0.2) is 35.7 Å². The largest absolute Gasteiger partial charge is 0.491 e. The summed E-state index contributed by atoms with van der Waals surface area (Å²) in [7, 11) is 1.55. The summed E-state index contributed by atoms with van der Waals surface area (Å²) in [4.78, 5) is 25.2. The molecule has 2 heterocycles. The summed E-state index contributed by atoms with van der Waals surface area (Å²) in [5.74, 6) is -0.157. The highest BCUT2D eigenvalue weighted by atomic mass is 16.5. The van der Waals surface area contributed by atoms with E-state index in [4.69, 9.17) is 4.74 Å². The van der Waals surface area contributed by atoms with Crippen LogP contribution < -0.4 is 15.4 Å². The van der Waals surface area contributed by atoms with Gasteiger partial charge in [0, 0.05) is 24.1 Å². The third-order valence-corrected chi connectivity index (χ3v) is 4.67. The van der Waals surface area contributed by atoms with E-state index in [0.29, 0.717) is 29.2 Å². The molecular weight excluding hydrogens is 356 g/mol. The molecule has 0 fully saturated rings. The zero-order valence-corrected chi connectivity index (χ0v) is 15.2. The van der Waals surface area contributed by atoms with Gasteiger partial charge in [-0.3, -0.25) is 9.59 Å². The van der Waals surface area contributed by atoms with Crippen LogP contribution in [0.5, 0.6) is 5.75 Å². The number of anilines is 1. The smallest absolute Gasteiger partial charge is 0.255 e. The average molecular weight is 374 g/mol. The molecule has 1 aromatic heterocycles. The summed E-state index contributed by atoms with van der Waals surface area (Å²) in [5.41, 5.74) is 3.14. The maximum absolute atomic E-state index is 12.8. The first-order valence-corrected chi connectivity index (χ1v) is 8.83. The number of ether oxygens (including phenoxy) is 1. The van der Waals surface area contributed by atoms with Crippen LogP contribution in [0.1, 0.15) is 37.8 Å². The van der Waals surface area contributed by atoms with Gasteiger partial charge in [-0.05, 0) is 23.8 Å². The molecule has 140 valence electrons. The van der Waals surface area contributed by atoms with Crippen molar-refractivity contribution in [3.05, 3.63) is 83.2 Å². The molecule has 0 radical (unpaired) electrons. The van der Waals surface area contributed by atoms with Crippen LogP contribution >= 0.6 is 0 Å². The highest BCUT2D eigenvalue weighted by molar-refractivity contribution is 6.07. The van der Waals surface area contributed by atoms with Gasteiger partial charge in [-0.1, -0.05) is 30.3 Å². The zero-order chi connectivity index (χ0) is 19.5. The summed E-state index contributed by atoms with van der Waals surface area (Å²) >= 11 is 0. The lowest BCUT2D eigenvalue weighted by Gasteiger charge is -2.13. The van der Waals surface area contributed by atoms with Crippen molar-refractivity contribution >= 4 is 17.5 Å². The minimum atomic E-state index is -0.334. The van der Waals surface area contributed by atoms with Crippen molar-refractivity contribution in [3.8, 4) is 5.75 Å². The second-order valence-corrected chi connectivity index (χ2v) is 6.38. The first-order chi connectivity index (χ1) is 13.7. The van der Waals surface area contributed by atoms with Crippen molar-refractivity contribution in [1.82, 2.24) is 15.5 Å². The summed E-state index contributed by atoms with van der Waals surface area (Å²) in [6.07, 6.45) is 2.95. The van der Waals surface area contributed by atoms with Gasteiger partial charge in [-0.15, -0.1) is 0 Å². The van der Waals surface area contributed by atoms with Gasteiger partial charge < -0.3 is 15.4 Å². The Morgan fingerprint density at radius 2 is 1.89 bits per heavy atom. The minimum absolute atomic E-state index is 0.0463. The molecule has 7 nitrogen and oxygen atoms in total. The maximum Gasteiger partial charge on any atom is 0.255 e. The molecule has 0 saturated carbocycles. The van der Waals surface area contributed by atoms with Crippen LogP contribution in [0.4, 0.5) is 5.69 Å². The summed E-state index contributed by atoms with van der Waals surface area (Å²) in [5, 5.41) is 12.8. The van der Waals surface area contributed by atoms with Gasteiger partial charge in [-0.2, -0.15) is 10.2 Å². The van der Waals surface area contributed by atoms with Crippen LogP contribution in [0.25, 0.3) is 0 Å². The number of aromatic nitrogens is 2. The second kappa shape index (κ2) is 7.48. The van der Waals surface area contributed by atoms with E-state index in [1.165, 1.54) is 12.4 Å². The predicted octanol–water partition coefficient (Wildman–Crippen LogP) is 2.61. The molecule has 0 aliphatic carbocycles. The molecule has 2 N–H and O–H groups in total. The van der Waals surface area contributed by atoms with Crippen molar-refractivity contribution in [2.45, 2.75) is 5.92 Å². The molecule has 1 atom stereocenters. The van der Waals surface area contributed by atoms with E-state index in [9.17, 15) is 9.59 Å². The topological polar surface area (TPSA) is 93.2 Å². The Labute approximate surface area is 161 Å². The van der Waals surface area contributed by atoms with Crippen molar-refractivity contribution in [2.24, 2.45) is 0 Å². The van der Waals surface area contributed by atoms with Gasteiger partial charge in [0.05, 0.1) is 30.3 Å². The molecular formula is C21H18N4O3. The Kier molecular flexibility index (Phi) is 4.72. The number of nitrogens with zero attached hydrogens (tertiary/aromatic N) is 2. The molecule has 1 aliphatic rings. The van der Waals surface area contributed by atoms with E-state index in [2.05, 4.69) is 20.8 Å². The van der Waals surface area contributed by atoms with Gasteiger partial charge in [0.1, 0.15) is 5.75 Å². The molecule has 1 unspecified atom stereocenters. The lowest BCUT2D eigenvalue weighted by molar-refractivity contribution is 0.0960. The number of hydrogen-bond acceptors (Lipinski definition) is 5. The molecule has 7 heteroatoms. The molecule has 0 bridgehead atoms. The van der Waals surface area contributed by atoms with E-state index in [1.807, 2.05) is 30.3 Å². The molecule has 2 aromatic carbocycles.